The van der Waals surface area contributed by atoms with Gasteiger partial charge in [-0.3, -0.25) is 19.1 Å². The van der Waals surface area contributed by atoms with Crippen LogP contribution >= 0.6 is 0 Å². The normalized spacial score (nSPS) is 14.5. The van der Waals surface area contributed by atoms with Gasteiger partial charge in [-0.2, -0.15) is 0 Å². The summed E-state index contributed by atoms with van der Waals surface area (Å²) in [6, 6.07) is 25.9. The summed E-state index contributed by atoms with van der Waals surface area (Å²) in [7, 11) is 0. The summed E-state index contributed by atoms with van der Waals surface area (Å²) < 4.78 is 1.15. The van der Waals surface area contributed by atoms with E-state index in [0.29, 0.717) is 36.1 Å². The van der Waals surface area contributed by atoms with Gasteiger partial charge in [0.2, 0.25) is 0 Å². The number of H-pyrrole nitrogens is 1. The number of carbonyl (C=O) groups is 1. The Balaban J connectivity index is 1.36. The van der Waals surface area contributed by atoms with Crippen molar-refractivity contribution in [2.75, 3.05) is 26.2 Å². The molecule has 1 aliphatic rings. The fourth-order valence-electron chi connectivity index (χ4n) is 4.93. The summed E-state index contributed by atoms with van der Waals surface area (Å²) in [5.41, 5.74) is 2.52. The largest absolute Gasteiger partial charge is 0.336 e. The third-order valence-electron chi connectivity index (χ3n) is 6.74. The second-order valence-corrected chi connectivity index (χ2v) is 8.79. The number of benzene rings is 3. The Morgan fingerprint density at radius 2 is 1.46 bits per heavy atom. The second kappa shape index (κ2) is 9.72. The van der Waals surface area contributed by atoms with E-state index in [0.717, 1.165) is 17.7 Å². The molecular weight excluding hydrogens is 440 g/mol. The van der Waals surface area contributed by atoms with E-state index in [1.165, 1.54) is 11.1 Å². The molecule has 5 rings (SSSR count). The van der Waals surface area contributed by atoms with Crippen LogP contribution < -0.4 is 11.2 Å². The molecule has 1 saturated heterocycles. The molecule has 7 nitrogen and oxygen atoms in total. The third kappa shape index (κ3) is 4.42. The van der Waals surface area contributed by atoms with Gasteiger partial charge in [-0.25, -0.2) is 4.79 Å². The lowest BCUT2D eigenvalue weighted by atomic mass is 9.96. The molecule has 0 spiro atoms. The van der Waals surface area contributed by atoms with Crippen molar-refractivity contribution in [2.24, 2.45) is 0 Å². The quantitative estimate of drug-likeness (QED) is 0.488. The maximum atomic E-state index is 13.3. The van der Waals surface area contributed by atoms with Crippen molar-refractivity contribution in [3.63, 3.8) is 0 Å². The van der Waals surface area contributed by atoms with Gasteiger partial charge < -0.3 is 9.88 Å². The van der Waals surface area contributed by atoms with E-state index in [1.807, 2.05) is 17.0 Å². The van der Waals surface area contributed by atoms with E-state index < -0.39 is 5.69 Å². The summed E-state index contributed by atoms with van der Waals surface area (Å²) in [6.07, 6.45) is 0. The first-order valence-corrected chi connectivity index (χ1v) is 12.0. The molecule has 1 N–H and O–H groups in total. The maximum Gasteiger partial charge on any atom is 0.328 e. The van der Waals surface area contributed by atoms with E-state index in [1.54, 1.807) is 25.1 Å². The minimum atomic E-state index is -0.462. The molecule has 2 heterocycles. The maximum absolute atomic E-state index is 13.3. The van der Waals surface area contributed by atoms with Crippen LogP contribution in [0.5, 0.6) is 0 Å². The highest BCUT2D eigenvalue weighted by atomic mass is 16.2. The molecule has 0 radical (unpaired) electrons. The SMILES string of the molecule is CCn1c(=O)[nH]c2cc(C(=O)N3CCN(C(c4ccccc4)c4ccccc4)CC3)ccc2c1=O. The van der Waals surface area contributed by atoms with Crippen LogP contribution in [-0.4, -0.2) is 51.4 Å². The number of nitrogens with one attached hydrogen (secondary N) is 1. The summed E-state index contributed by atoms with van der Waals surface area (Å²) >= 11 is 0. The van der Waals surface area contributed by atoms with Gasteiger partial charge in [0.1, 0.15) is 0 Å². The minimum Gasteiger partial charge on any atom is -0.336 e. The number of rotatable bonds is 5. The van der Waals surface area contributed by atoms with Gasteiger partial charge in [-0.05, 0) is 36.2 Å². The summed E-state index contributed by atoms with van der Waals surface area (Å²) in [5.74, 6) is -0.0944. The summed E-state index contributed by atoms with van der Waals surface area (Å²) in [5, 5.41) is 0.404. The fourth-order valence-corrected chi connectivity index (χ4v) is 4.93. The third-order valence-corrected chi connectivity index (χ3v) is 6.74. The average Bonchev–Trinajstić information content (AvgIpc) is 2.90. The molecule has 0 aliphatic carbocycles. The van der Waals surface area contributed by atoms with Crippen molar-refractivity contribution < 1.29 is 4.79 Å². The molecule has 7 heteroatoms. The molecule has 4 aromatic rings. The molecule has 0 unspecified atom stereocenters. The molecule has 3 aromatic carbocycles. The number of piperazine rings is 1. The predicted molar refractivity (Wildman–Crippen MR) is 137 cm³/mol. The number of fused-ring (bicyclic) bond motifs is 1. The monoisotopic (exact) mass is 468 g/mol. The highest BCUT2D eigenvalue weighted by molar-refractivity contribution is 5.97. The van der Waals surface area contributed by atoms with Crippen LogP contribution in [0.4, 0.5) is 0 Å². The Labute approximate surface area is 203 Å². The van der Waals surface area contributed by atoms with Gasteiger partial charge in [0.05, 0.1) is 16.9 Å². The zero-order valence-corrected chi connectivity index (χ0v) is 19.7. The highest BCUT2D eigenvalue weighted by Crippen LogP contribution is 2.29. The van der Waals surface area contributed by atoms with E-state index in [2.05, 4.69) is 58.4 Å². The van der Waals surface area contributed by atoms with Crippen LogP contribution in [0.15, 0.2) is 88.5 Å². The molecule has 1 aromatic heterocycles. The van der Waals surface area contributed by atoms with Gasteiger partial charge in [-0.15, -0.1) is 0 Å². The van der Waals surface area contributed by atoms with Crippen molar-refractivity contribution in [2.45, 2.75) is 19.5 Å². The minimum absolute atomic E-state index is 0.0944. The smallest absolute Gasteiger partial charge is 0.328 e. The number of hydrogen-bond donors (Lipinski definition) is 1. The average molecular weight is 469 g/mol. The van der Waals surface area contributed by atoms with Crippen molar-refractivity contribution in [3.8, 4) is 0 Å². The van der Waals surface area contributed by atoms with Crippen molar-refractivity contribution >= 4 is 16.8 Å². The van der Waals surface area contributed by atoms with Crippen molar-refractivity contribution in [1.82, 2.24) is 19.4 Å². The van der Waals surface area contributed by atoms with Crippen molar-refractivity contribution in [3.05, 3.63) is 116 Å². The number of aromatic nitrogens is 2. The first kappa shape index (κ1) is 22.8. The standard InChI is InChI=1S/C28H28N4O3/c1-2-32-27(34)23-14-13-22(19-24(23)29-28(32)35)26(33)31-17-15-30(16-18-31)25(20-9-5-3-6-10-20)21-11-7-4-8-12-21/h3-14,19,25H,2,15-18H2,1H3,(H,29,35). The molecule has 1 fully saturated rings. The van der Waals surface area contributed by atoms with Gasteiger partial charge in [-0.1, -0.05) is 60.7 Å². The molecule has 1 aliphatic heterocycles. The van der Waals surface area contributed by atoms with Gasteiger partial charge in [0, 0.05) is 38.3 Å². The first-order valence-electron chi connectivity index (χ1n) is 12.0. The number of amides is 1. The fraction of sp³-hybridized carbons (Fsp3) is 0.250. The zero-order valence-electron chi connectivity index (χ0n) is 19.7. The molecule has 178 valence electrons. The lowest BCUT2D eigenvalue weighted by molar-refractivity contribution is 0.0597. The Kier molecular flexibility index (Phi) is 6.33. The van der Waals surface area contributed by atoms with E-state index in [9.17, 15) is 14.4 Å². The lowest BCUT2D eigenvalue weighted by Gasteiger charge is -2.39. The number of nitrogens with zero attached hydrogens (tertiary/aromatic N) is 3. The topological polar surface area (TPSA) is 78.4 Å². The Morgan fingerprint density at radius 1 is 0.857 bits per heavy atom. The molecule has 0 saturated carbocycles. The van der Waals surface area contributed by atoms with Crippen molar-refractivity contribution in [1.29, 1.82) is 0 Å². The molecule has 35 heavy (non-hydrogen) atoms. The number of aromatic amines is 1. The zero-order chi connectivity index (χ0) is 24.4. The summed E-state index contributed by atoms with van der Waals surface area (Å²) in [6.45, 7) is 4.72. The van der Waals surface area contributed by atoms with Gasteiger partial charge in [0.15, 0.2) is 0 Å². The van der Waals surface area contributed by atoms with E-state index >= 15 is 0 Å². The lowest BCUT2D eigenvalue weighted by Crippen LogP contribution is -2.49. The van der Waals surface area contributed by atoms with E-state index in [-0.39, 0.29) is 17.5 Å². The first-order chi connectivity index (χ1) is 17.1. The summed E-state index contributed by atoms with van der Waals surface area (Å²) in [4.78, 5) is 45.0. The molecular formula is C28H28N4O3. The van der Waals surface area contributed by atoms with Crippen LogP contribution in [0.2, 0.25) is 0 Å². The molecule has 0 bridgehead atoms. The van der Waals surface area contributed by atoms with Gasteiger partial charge >= 0.3 is 5.69 Å². The van der Waals surface area contributed by atoms with Crippen LogP contribution in [0.1, 0.15) is 34.5 Å². The van der Waals surface area contributed by atoms with Gasteiger partial charge in [0.25, 0.3) is 11.5 Å². The predicted octanol–water partition coefficient (Wildman–Crippen LogP) is 3.26. The highest BCUT2D eigenvalue weighted by Gasteiger charge is 2.28. The Bertz CT molecular complexity index is 1410. The van der Waals surface area contributed by atoms with Crippen LogP contribution in [0, 0.1) is 0 Å². The molecule has 1 amide bonds. The van der Waals surface area contributed by atoms with Crippen LogP contribution in [-0.2, 0) is 6.54 Å². The second-order valence-electron chi connectivity index (χ2n) is 8.79. The Morgan fingerprint density at radius 3 is 2.03 bits per heavy atom. The van der Waals surface area contributed by atoms with Crippen LogP contribution in [0.25, 0.3) is 10.9 Å². The molecule has 0 atom stereocenters. The number of carbonyl (C=O) groups excluding carboxylic acids is 1. The van der Waals surface area contributed by atoms with E-state index in [4.69, 9.17) is 0 Å². The number of hydrogen-bond acceptors (Lipinski definition) is 4. The van der Waals surface area contributed by atoms with Crippen LogP contribution in [0.3, 0.4) is 0 Å². The Hall–Kier alpha value is -3.97.